The first-order chi connectivity index (χ1) is 6.44. The van der Waals surface area contributed by atoms with Crippen molar-refractivity contribution in [2.75, 3.05) is 18.8 Å². The molecule has 0 amide bonds. The molecule has 0 fully saturated rings. The van der Waals surface area contributed by atoms with E-state index >= 15 is 0 Å². The molecular formula is C8H17NO4S. The smallest absolute Gasteiger partial charge is 0.304 e. The highest BCUT2D eigenvalue weighted by molar-refractivity contribution is 7.89. The molecule has 0 saturated heterocycles. The molecule has 0 atom stereocenters. The average molecular weight is 223 g/mol. The predicted molar refractivity (Wildman–Crippen MR) is 53.6 cm³/mol. The van der Waals surface area contributed by atoms with Crippen molar-refractivity contribution in [2.45, 2.75) is 26.7 Å². The van der Waals surface area contributed by atoms with Gasteiger partial charge in [0.2, 0.25) is 10.0 Å². The summed E-state index contributed by atoms with van der Waals surface area (Å²) in [6, 6.07) is 0. The Bertz CT molecular complexity index is 273. The van der Waals surface area contributed by atoms with Gasteiger partial charge in [-0.25, -0.2) is 12.7 Å². The third-order valence-electron chi connectivity index (χ3n) is 1.79. The van der Waals surface area contributed by atoms with Crippen molar-refractivity contribution in [3.8, 4) is 0 Å². The molecule has 6 heteroatoms. The van der Waals surface area contributed by atoms with Crippen LogP contribution in [0.15, 0.2) is 0 Å². The first kappa shape index (κ1) is 13.4. The van der Waals surface area contributed by atoms with Gasteiger partial charge in [0.25, 0.3) is 0 Å². The number of sulfonamides is 1. The Hall–Kier alpha value is -0.620. The highest BCUT2D eigenvalue weighted by Gasteiger charge is 2.20. The zero-order valence-corrected chi connectivity index (χ0v) is 9.38. The van der Waals surface area contributed by atoms with Crippen molar-refractivity contribution in [3.63, 3.8) is 0 Å². The summed E-state index contributed by atoms with van der Waals surface area (Å²) >= 11 is 0. The molecule has 0 aromatic rings. The van der Waals surface area contributed by atoms with E-state index in [9.17, 15) is 13.2 Å². The van der Waals surface area contributed by atoms with Crippen molar-refractivity contribution in [3.05, 3.63) is 0 Å². The van der Waals surface area contributed by atoms with Gasteiger partial charge in [0.1, 0.15) is 0 Å². The summed E-state index contributed by atoms with van der Waals surface area (Å²) in [6.07, 6.45) is 0.405. The van der Waals surface area contributed by atoms with Gasteiger partial charge in [-0.1, -0.05) is 13.8 Å². The van der Waals surface area contributed by atoms with Gasteiger partial charge in [0.15, 0.2) is 0 Å². The van der Waals surface area contributed by atoms with E-state index in [0.29, 0.717) is 13.1 Å². The Labute approximate surface area is 84.8 Å². The first-order valence-corrected chi connectivity index (χ1v) is 6.24. The van der Waals surface area contributed by atoms with Crippen LogP contribution in [0.5, 0.6) is 0 Å². The molecule has 0 aromatic carbocycles. The summed E-state index contributed by atoms with van der Waals surface area (Å²) in [7, 11) is -3.38. The largest absolute Gasteiger partial charge is 0.481 e. The summed E-state index contributed by atoms with van der Waals surface area (Å²) in [5.41, 5.74) is 0. The quantitative estimate of drug-likeness (QED) is 0.683. The van der Waals surface area contributed by atoms with Crippen molar-refractivity contribution in [1.82, 2.24) is 4.31 Å². The van der Waals surface area contributed by atoms with Crippen LogP contribution in [0.4, 0.5) is 0 Å². The molecule has 0 unspecified atom stereocenters. The predicted octanol–water partition coefficient (Wildman–Crippen LogP) is 0.523. The normalized spacial score (nSPS) is 11.9. The molecular weight excluding hydrogens is 206 g/mol. The SMILES string of the molecule is CCCN(CC)S(=O)(=O)CCC(=O)O. The zero-order chi connectivity index (χ0) is 11.2. The lowest BCUT2D eigenvalue weighted by molar-refractivity contribution is -0.136. The molecule has 0 aromatic heterocycles. The molecule has 0 aliphatic heterocycles. The van der Waals surface area contributed by atoms with Crippen LogP contribution in [0.2, 0.25) is 0 Å². The van der Waals surface area contributed by atoms with Crippen LogP contribution >= 0.6 is 0 Å². The fourth-order valence-electron chi connectivity index (χ4n) is 1.09. The number of carboxylic acid groups (broad SMARTS) is 1. The minimum absolute atomic E-state index is 0.309. The van der Waals surface area contributed by atoms with Crippen LogP contribution in [0, 0.1) is 0 Å². The second-order valence-corrected chi connectivity index (χ2v) is 5.04. The van der Waals surface area contributed by atoms with E-state index in [1.165, 1.54) is 4.31 Å². The second kappa shape index (κ2) is 5.98. The molecule has 14 heavy (non-hydrogen) atoms. The summed E-state index contributed by atoms with van der Waals surface area (Å²) < 4.78 is 24.4. The minimum Gasteiger partial charge on any atom is -0.481 e. The Morgan fingerprint density at radius 1 is 1.36 bits per heavy atom. The van der Waals surface area contributed by atoms with E-state index in [1.807, 2.05) is 6.92 Å². The first-order valence-electron chi connectivity index (χ1n) is 4.63. The highest BCUT2D eigenvalue weighted by Crippen LogP contribution is 2.04. The number of carbonyl (C=O) groups is 1. The molecule has 0 aliphatic carbocycles. The van der Waals surface area contributed by atoms with E-state index in [0.717, 1.165) is 6.42 Å². The number of hydrogen-bond acceptors (Lipinski definition) is 3. The van der Waals surface area contributed by atoms with E-state index in [2.05, 4.69) is 0 Å². The molecule has 0 bridgehead atoms. The summed E-state index contributed by atoms with van der Waals surface area (Å²) in [5.74, 6) is -1.39. The van der Waals surface area contributed by atoms with Gasteiger partial charge in [0, 0.05) is 13.1 Å². The van der Waals surface area contributed by atoms with Crippen molar-refractivity contribution < 1.29 is 18.3 Å². The molecule has 0 heterocycles. The molecule has 5 nitrogen and oxygen atoms in total. The maximum Gasteiger partial charge on any atom is 0.304 e. The molecule has 0 rings (SSSR count). The minimum atomic E-state index is -3.38. The van der Waals surface area contributed by atoms with Crippen molar-refractivity contribution in [1.29, 1.82) is 0 Å². The Kier molecular flexibility index (Phi) is 5.71. The van der Waals surface area contributed by atoms with E-state index < -0.39 is 16.0 Å². The third kappa shape index (κ3) is 4.57. The Morgan fingerprint density at radius 2 is 1.93 bits per heavy atom. The zero-order valence-electron chi connectivity index (χ0n) is 8.56. The van der Waals surface area contributed by atoms with Gasteiger partial charge >= 0.3 is 5.97 Å². The van der Waals surface area contributed by atoms with Crippen LogP contribution in [-0.4, -0.2) is 42.6 Å². The maximum atomic E-state index is 11.5. The van der Waals surface area contributed by atoms with E-state index in [-0.39, 0.29) is 12.2 Å². The Balaban J connectivity index is 4.34. The summed E-state index contributed by atoms with van der Waals surface area (Å²) in [4.78, 5) is 10.2. The average Bonchev–Trinajstić information content (AvgIpc) is 2.11. The van der Waals surface area contributed by atoms with Gasteiger partial charge in [0.05, 0.1) is 12.2 Å². The summed E-state index contributed by atoms with van der Waals surface area (Å²) in [5, 5.41) is 8.38. The number of hydrogen-bond donors (Lipinski definition) is 1. The van der Waals surface area contributed by atoms with Crippen LogP contribution in [-0.2, 0) is 14.8 Å². The molecule has 0 spiro atoms. The second-order valence-electron chi connectivity index (χ2n) is 2.95. The van der Waals surface area contributed by atoms with Crippen LogP contribution in [0.25, 0.3) is 0 Å². The number of aliphatic carboxylic acids is 1. The molecule has 0 aliphatic rings. The monoisotopic (exact) mass is 223 g/mol. The van der Waals surface area contributed by atoms with Gasteiger partial charge < -0.3 is 5.11 Å². The molecule has 0 radical (unpaired) electrons. The fourth-order valence-corrected chi connectivity index (χ4v) is 2.63. The Morgan fingerprint density at radius 3 is 2.29 bits per heavy atom. The van der Waals surface area contributed by atoms with E-state index in [4.69, 9.17) is 5.11 Å². The fraction of sp³-hybridized carbons (Fsp3) is 0.875. The van der Waals surface area contributed by atoms with Crippen LogP contribution < -0.4 is 0 Å². The topological polar surface area (TPSA) is 74.7 Å². The van der Waals surface area contributed by atoms with Gasteiger partial charge in [-0.05, 0) is 6.42 Å². The number of rotatable bonds is 7. The molecule has 1 N–H and O–H groups in total. The lowest BCUT2D eigenvalue weighted by Crippen LogP contribution is -2.34. The number of carboxylic acids is 1. The standard InChI is InChI=1S/C8H17NO4S/c1-3-6-9(4-2)14(12,13)7-5-8(10)11/h3-7H2,1-2H3,(H,10,11). The third-order valence-corrected chi connectivity index (χ3v) is 3.74. The van der Waals surface area contributed by atoms with Crippen LogP contribution in [0.3, 0.4) is 0 Å². The van der Waals surface area contributed by atoms with Crippen molar-refractivity contribution >= 4 is 16.0 Å². The maximum absolute atomic E-state index is 11.5. The lowest BCUT2D eigenvalue weighted by atomic mass is 10.5. The van der Waals surface area contributed by atoms with Crippen molar-refractivity contribution in [2.24, 2.45) is 0 Å². The highest BCUT2D eigenvalue weighted by atomic mass is 32.2. The molecule has 0 saturated carbocycles. The van der Waals surface area contributed by atoms with Gasteiger partial charge in [-0.2, -0.15) is 0 Å². The van der Waals surface area contributed by atoms with Crippen LogP contribution in [0.1, 0.15) is 26.7 Å². The van der Waals surface area contributed by atoms with E-state index in [1.54, 1.807) is 6.92 Å². The molecule has 84 valence electrons. The van der Waals surface area contributed by atoms with Gasteiger partial charge in [-0.15, -0.1) is 0 Å². The lowest BCUT2D eigenvalue weighted by Gasteiger charge is -2.18. The number of nitrogens with zero attached hydrogens (tertiary/aromatic N) is 1. The van der Waals surface area contributed by atoms with Gasteiger partial charge in [-0.3, -0.25) is 4.79 Å². The summed E-state index contributed by atoms with van der Waals surface area (Å²) in [6.45, 7) is 4.48.